The third kappa shape index (κ3) is 4.10. The summed E-state index contributed by atoms with van der Waals surface area (Å²) in [4.78, 5) is 13.0. The Labute approximate surface area is 97.0 Å². The fourth-order valence-corrected chi connectivity index (χ4v) is 1.80. The van der Waals surface area contributed by atoms with Crippen molar-refractivity contribution in [1.29, 1.82) is 0 Å². The van der Waals surface area contributed by atoms with Crippen LogP contribution in [0.3, 0.4) is 0 Å². The maximum atomic E-state index is 12.0. The summed E-state index contributed by atoms with van der Waals surface area (Å²) in [5, 5.41) is 0. The van der Waals surface area contributed by atoms with E-state index in [1.54, 1.807) is 20.8 Å². The van der Waals surface area contributed by atoms with Crippen molar-refractivity contribution in [3.8, 4) is 0 Å². The highest BCUT2D eigenvalue weighted by molar-refractivity contribution is 5.68. The minimum Gasteiger partial charge on any atom is -0.444 e. The van der Waals surface area contributed by atoms with Gasteiger partial charge >= 0.3 is 6.09 Å². The van der Waals surface area contributed by atoms with E-state index in [-0.39, 0.29) is 6.04 Å². The molecule has 0 radical (unpaired) electrons. The minimum atomic E-state index is -2.43. The van der Waals surface area contributed by atoms with Crippen LogP contribution in [-0.4, -0.2) is 29.6 Å². The molecule has 0 unspecified atom stereocenters. The topological polar surface area (TPSA) is 29.5 Å². The Morgan fingerprint density at radius 1 is 1.33 bits per heavy atom. The second-order valence-electron chi connectivity index (χ2n) is 5.14. The molecule has 0 heterocycles. The van der Waals surface area contributed by atoms with Crippen LogP contribution in [0.2, 0.25) is 0 Å². The highest BCUT2D eigenvalue weighted by atomic mass is 16.6. The number of nitrogens with zero attached hydrogens (tertiary/aromatic N) is 1. The van der Waals surface area contributed by atoms with Crippen molar-refractivity contribution in [3.63, 3.8) is 0 Å². The lowest BCUT2D eigenvalue weighted by molar-refractivity contribution is 0.0189. The normalized spacial score (nSPS) is 22.5. The molecule has 0 aromatic heterocycles. The number of hydrogen-bond donors (Lipinski definition) is 0. The van der Waals surface area contributed by atoms with Crippen molar-refractivity contribution < 1.29 is 13.6 Å². The van der Waals surface area contributed by atoms with Gasteiger partial charge in [0.05, 0.1) is 0 Å². The molecular weight excluding hydrogens is 190 g/mol. The standard InChI is InChI=1S/C12H23NO2/c1-12(2,3)15-11(14)13(4)10-8-6-5-7-9-10/h10H,5-9H2,1-4H3/i4D3. The van der Waals surface area contributed by atoms with Gasteiger partial charge in [-0.15, -0.1) is 0 Å². The van der Waals surface area contributed by atoms with E-state index < -0.39 is 18.7 Å². The van der Waals surface area contributed by atoms with E-state index in [2.05, 4.69) is 0 Å². The highest BCUT2D eigenvalue weighted by Crippen LogP contribution is 2.22. The first-order chi connectivity index (χ1) is 8.11. The molecule has 1 aliphatic rings. The lowest BCUT2D eigenvalue weighted by Gasteiger charge is -2.32. The van der Waals surface area contributed by atoms with Gasteiger partial charge in [0.15, 0.2) is 0 Å². The number of hydrogen-bond acceptors (Lipinski definition) is 2. The van der Waals surface area contributed by atoms with E-state index in [9.17, 15) is 4.79 Å². The first-order valence-electron chi connectivity index (χ1n) is 7.13. The molecule has 3 nitrogen and oxygen atoms in total. The zero-order chi connectivity index (χ0) is 14.0. The van der Waals surface area contributed by atoms with Crippen molar-refractivity contribution in [2.75, 3.05) is 6.98 Å². The number of carbonyl (C=O) groups excluding carboxylic acids is 1. The summed E-state index contributed by atoms with van der Waals surface area (Å²) in [6, 6.07) is -0.221. The lowest BCUT2D eigenvalue weighted by atomic mass is 9.95. The Bertz CT molecular complexity index is 291. The van der Waals surface area contributed by atoms with Crippen molar-refractivity contribution in [2.45, 2.75) is 64.5 Å². The zero-order valence-electron chi connectivity index (χ0n) is 12.9. The molecule has 0 N–H and O–H groups in total. The molecule has 1 saturated carbocycles. The molecule has 0 saturated heterocycles. The number of rotatable bonds is 1. The number of ether oxygens (including phenoxy) is 1. The number of carbonyl (C=O) groups is 1. The van der Waals surface area contributed by atoms with Gasteiger partial charge < -0.3 is 9.64 Å². The van der Waals surface area contributed by atoms with E-state index >= 15 is 0 Å². The van der Waals surface area contributed by atoms with Crippen LogP contribution in [0.25, 0.3) is 0 Å². The Morgan fingerprint density at radius 2 is 1.93 bits per heavy atom. The van der Waals surface area contributed by atoms with Crippen LogP contribution >= 0.6 is 0 Å². The monoisotopic (exact) mass is 216 g/mol. The molecule has 0 spiro atoms. The Balaban J connectivity index is 2.81. The molecule has 0 aliphatic heterocycles. The van der Waals surface area contributed by atoms with Crippen LogP contribution in [0, 0.1) is 0 Å². The van der Waals surface area contributed by atoms with Gasteiger partial charge in [-0.05, 0) is 33.6 Å². The molecule has 0 atom stereocenters. The second kappa shape index (κ2) is 4.86. The van der Waals surface area contributed by atoms with Gasteiger partial charge in [-0.3, -0.25) is 0 Å². The molecule has 15 heavy (non-hydrogen) atoms. The molecule has 1 rings (SSSR count). The van der Waals surface area contributed by atoms with Crippen LogP contribution < -0.4 is 0 Å². The Kier molecular flexibility index (Phi) is 2.73. The Hall–Kier alpha value is -0.730. The average molecular weight is 216 g/mol. The largest absolute Gasteiger partial charge is 0.444 e. The van der Waals surface area contributed by atoms with Crippen molar-refractivity contribution in [1.82, 2.24) is 4.90 Å². The Morgan fingerprint density at radius 3 is 2.40 bits per heavy atom. The van der Waals surface area contributed by atoms with Crippen LogP contribution in [0.1, 0.15) is 57.0 Å². The zero-order valence-corrected chi connectivity index (χ0v) is 9.88. The molecule has 0 bridgehead atoms. The van der Waals surface area contributed by atoms with Gasteiger partial charge in [0.1, 0.15) is 5.60 Å². The highest BCUT2D eigenvalue weighted by Gasteiger charge is 2.26. The third-order valence-electron chi connectivity index (χ3n) is 2.53. The predicted molar refractivity (Wildman–Crippen MR) is 60.9 cm³/mol. The van der Waals surface area contributed by atoms with Crippen molar-refractivity contribution >= 4 is 6.09 Å². The summed E-state index contributed by atoms with van der Waals surface area (Å²) in [5.41, 5.74) is -0.671. The van der Waals surface area contributed by atoms with Gasteiger partial charge in [-0.2, -0.15) is 0 Å². The van der Waals surface area contributed by atoms with E-state index in [1.165, 1.54) is 0 Å². The molecule has 88 valence electrons. The van der Waals surface area contributed by atoms with Crippen molar-refractivity contribution in [3.05, 3.63) is 0 Å². The molecule has 0 aromatic carbocycles. The summed E-state index contributed by atoms with van der Waals surface area (Å²) in [6.45, 7) is 2.79. The SMILES string of the molecule is [2H]C([2H])([2H])N(C(=O)OC(C)(C)C)C1CCCCC1. The number of amides is 1. The van der Waals surface area contributed by atoms with E-state index in [1.807, 2.05) is 0 Å². The molecule has 3 heteroatoms. The van der Waals surface area contributed by atoms with E-state index in [0.717, 1.165) is 37.0 Å². The summed E-state index contributed by atoms with van der Waals surface area (Å²) < 4.78 is 27.8. The fourth-order valence-electron chi connectivity index (χ4n) is 1.80. The summed E-state index contributed by atoms with van der Waals surface area (Å²) in [6.07, 6.45) is 3.82. The molecule has 0 aromatic rings. The quantitative estimate of drug-likeness (QED) is 0.673. The van der Waals surface area contributed by atoms with Crippen LogP contribution in [-0.2, 0) is 4.74 Å². The predicted octanol–water partition coefficient (Wildman–Crippen LogP) is 3.19. The first kappa shape index (κ1) is 8.43. The molecule has 1 amide bonds. The van der Waals surface area contributed by atoms with Gasteiger partial charge in [0.25, 0.3) is 0 Å². The molecule has 1 aliphatic carbocycles. The smallest absolute Gasteiger partial charge is 0.410 e. The summed E-state index contributed by atoms with van der Waals surface area (Å²) in [5.74, 6) is 0. The maximum Gasteiger partial charge on any atom is 0.410 e. The fraction of sp³-hybridized carbons (Fsp3) is 0.917. The third-order valence-corrected chi connectivity index (χ3v) is 2.53. The lowest BCUT2D eigenvalue weighted by Crippen LogP contribution is -2.41. The van der Waals surface area contributed by atoms with Gasteiger partial charge in [-0.1, -0.05) is 19.3 Å². The maximum absolute atomic E-state index is 12.0. The van der Waals surface area contributed by atoms with Crippen LogP contribution in [0.15, 0.2) is 0 Å². The second-order valence-corrected chi connectivity index (χ2v) is 5.14. The van der Waals surface area contributed by atoms with Crippen molar-refractivity contribution in [2.24, 2.45) is 0 Å². The summed E-state index contributed by atoms with van der Waals surface area (Å²) >= 11 is 0. The molecule has 1 fully saturated rings. The van der Waals surface area contributed by atoms with Gasteiger partial charge in [-0.25, -0.2) is 4.79 Å². The average Bonchev–Trinajstić information content (AvgIpc) is 2.13. The van der Waals surface area contributed by atoms with Crippen LogP contribution in [0.5, 0.6) is 0 Å². The minimum absolute atomic E-state index is 0.221. The van der Waals surface area contributed by atoms with Crippen LogP contribution in [0.4, 0.5) is 4.79 Å². The summed E-state index contributed by atoms with van der Waals surface area (Å²) in [7, 11) is 0. The van der Waals surface area contributed by atoms with Gasteiger partial charge in [0, 0.05) is 17.1 Å². The molecular formula is C12H23NO2. The van der Waals surface area contributed by atoms with Gasteiger partial charge in [0.2, 0.25) is 0 Å². The van der Waals surface area contributed by atoms with E-state index in [4.69, 9.17) is 8.85 Å². The first-order valence-corrected chi connectivity index (χ1v) is 5.63. The van der Waals surface area contributed by atoms with E-state index in [0.29, 0.717) is 0 Å².